The first-order valence-electron chi connectivity index (χ1n) is 5.87. The molecule has 17 heavy (non-hydrogen) atoms. The summed E-state index contributed by atoms with van der Waals surface area (Å²) in [5, 5.41) is 3.97. The molecule has 3 rings (SSSR count). The average molecular weight is 241 g/mol. The smallest absolute Gasteiger partial charge is 0.0741 e. The van der Waals surface area contributed by atoms with Crippen molar-refractivity contribution in [3.8, 4) is 11.1 Å². The highest BCUT2D eigenvalue weighted by Crippen LogP contribution is 2.40. The third kappa shape index (κ3) is 2.05. The van der Waals surface area contributed by atoms with Gasteiger partial charge in [-0.15, -0.1) is 0 Å². The van der Waals surface area contributed by atoms with Crippen molar-refractivity contribution >= 4 is 17.4 Å². The van der Waals surface area contributed by atoms with Crippen molar-refractivity contribution in [2.24, 2.45) is 0 Å². The van der Waals surface area contributed by atoms with Crippen LogP contribution in [0.1, 0.15) is 12.5 Å². The first-order valence-corrected chi connectivity index (χ1v) is 6.74. The van der Waals surface area contributed by atoms with Gasteiger partial charge in [0, 0.05) is 10.6 Å². The molecule has 0 saturated heterocycles. The summed E-state index contributed by atoms with van der Waals surface area (Å²) in [6.07, 6.45) is 0. The van der Waals surface area contributed by atoms with E-state index in [-0.39, 0.29) is 0 Å². The number of hydrogen-bond donors (Lipinski definition) is 1. The minimum Gasteiger partial charge on any atom is -0.372 e. The Hall–Kier alpha value is -1.41. The van der Waals surface area contributed by atoms with E-state index in [0.29, 0.717) is 5.37 Å². The standard InChI is InChI=1S/C15H15NS/c1-10-3-5-12(6-4-10)13-7-8-15-14(9-13)16-11(2)17-15/h3-9,11,16H,1-2H3. The summed E-state index contributed by atoms with van der Waals surface area (Å²) >= 11 is 1.89. The molecule has 2 heteroatoms. The van der Waals surface area contributed by atoms with Crippen LogP contribution in [-0.4, -0.2) is 5.37 Å². The van der Waals surface area contributed by atoms with Gasteiger partial charge in [-0.25, -0.2) is 0 Å². The molecule has 1 aliphatic rings. The predicted molar refractivity (Wildman–Crippen MR) is 75.6 cm³/mol. The van der Waals surface area contributed by atoms with E-state index < -0.39 is 0 Å². The van der Waals surface area contributed by atoms with E-state index in [0.717, 1.165) is 0 Å². The van der Waals surface area contributed by atoms with Gasteiger partial charge in [0.25, 0.3) is 0 Å². The van der Waals surface area contributed by atoms with Crippen molar-refractivity contribution in [3.63, 3.8) is 0 Å². The van der Waals surface area contributed by atoms with E-state index >= 15 is 0 Å². The first-order chi connectivity index (χ1) is 8.22. The molecule has 2 aromatic carbocycles. The number of fused-ring (bicyclic) bond motifs is 1. The average Bonchev–Trinajstić information content (AvgIpc) is 2.69. The van der Waals surface area contributed by atoms with Gasteiger partial charge < -0.3 is 5.32 Å². The normalized spacial score (nSPS) is 17.6. The Morgan fingerprint density at radius 1 is 1.00 bits per heavy atom. The van der Waals surface area contributed by atoms with Crippen LogP contribution in [0.2, 0.25) is 0 Å². The molecule has 1 unspecified atom stereocenters. The highest BCUT2D eigenvalue weighted by molar-refractivity contribution is 8.00. The number of anilines is 1. The summed E-state index contributed by atoms with van der Waals surface area (Å²) in [4.78, 5) is 1.35. The summed E-state index contributed by atoms with van der Waals surface area (Å²) < 4.78 is 0. The van der Waals surface area contributed by atoms with Crippen molar-refractivity contribution in [3.05, 3.63) is 48.0 Å². The Bertz CT molecular complexity index is 545. The third-order valence-electron chi connectivity index (χ3n) is 3.03. The van der Waals surface area contributed by atoms with Crippen molar-refractivity contribution < 1.29 is 0 Å². The van der Waals surface area contributed by atoms with Crippen LogP contribution in [0.5, 0.6) is 0 Å². The predicted octanol–water partition coefficient (Wildman–Crippen LogP) is 4.53. The van der Waals surface area contributed by atoms with E-state index in [1.54, 1.807) is 0 Å². The van der Waals surface area contributed by atoms with Gasteiger partial charge in [0.2, 0.25) is 0 Å². The zero-order valence-corrected chi connectivity index (χ0v) is 10.8. The van der Waals surface area contributed by atoms with Crippen LogP contribution in [0.15, 0.2) is 47.4 Å². The van der Waals surface area contributed by atoms with Crippen LogP contribution in [0.3, 0.4) is 0 Å². The van der Waals surface area contributed by atoms with Gasteiger partial charge in [0.1, 0.15) is 0 Å². The number of rotatable bonds is 1. The molecular weight excluding hydrogens is 226 g/mol. The van der Waals surface area contributed by atoms with Gasteiger partial charge in [0.05, 0.1) is 5.37 Å². The van der Waals surface area contributed by atoms with Gasteiger partial charge >= 0.3 is 0 Å². The Kier molecular flexibility index (Phi) is 2.60. The van der Waals surface area contributed by atoms with Gasteiger partial charge in [-0.3, -0.25) is 0 Å². The fourth-order valence-corrected chi connectivity index (χ4v) is 3.07. The Labute approximate surface area is 106 Å². The summed E-state index contributed by atoms with van der Waals surface area (Å²) in [6, 6.07) is 15.4. The molecule has 1 heterocycles. The molecule has 0 spiro atoms. The lowest BCUT2D eigenvalue weighted by Crippen LogP contribution is -2.02. The minimum absolute atomic E-state index is 0.485. The Morgan fingerprint density at radius 2 is 1.71 bits per heavy atom. The maximum atomic E-state index is 3.48. The van der Waals surface area contributed by atoms with Crippen LogP contribution >= 0.6 is 11.8 Å². The number of benzene rings is 2. The van der Waals surface area contributed by atoms with Crippen molar-refractivity contribution in [1.29, 1.82) is 0 Å². The fraction of sp³-hybridized carbons (Fsp3) is 0.200. The Morgan fingerprint density at radius 3 is 2.47 bits per heavy atom. The van der Waals surface area contributed by atoms with Crippen LogP contribution in [0.4, 0.5) is 5.69 Å². The number of thioether (sulfide) groups is 1. The largest absolute Gasteiger partial charge is 0.372 e. The molecule has 1 atom stereocenters. The zero-order valence-electron chi connectivity index (χ0n) is 10.0. The van der Waals surface area contributed by atoms with Gasteiger partial charge in [-0.1, -0.05) is 47.7 Å². The number of hydrogen-bond acceptors (Lipinski definition) is 2. The van der Waals surface area contributed by atoms with E-state index in [2.05, 4.69) is 61.6 Å². The molecule has 1 aliphatic heterocycles. The van der Waals surface area contributed by atoms with Crippen molar-refractivity contribution in [1.82, 2.24) is 0 Å². The molecule has 0 radical (unpaired) electrons. The molecule has 1 N–H and O–H groups in total. The lowest BCUT2D eigenvalue weighted by Gasteiger charge is -2.05. The molecule has 1 nitrogen and oxygen atoms in total. The molecule has 86 valence electrons. The molecular formula is C15H15NS. The van der Waals surface area contributed by atoms with Crippen LogP contribution < -0.4 is 5.32 Å². The molecule has 0 aromatic heterocycles. The maximum absolute atomic E-state index is 3.48. The van der Waals surface area contributed by atoms with E-state index in [9.17, 15) is 0 Å². The van der Waals surface area contributed by atoms with Crippen LogP contribution in [0, 0.1) is 6.92 Å². The van der Waals surface area contributed by atoms with Crippen molar-refractivity contribution in [2.75, 3.05) is 5.32 Å². The molecule has 2 aromatic rings. The summed E-state index contributed by atoms with van der Waals surface area (Å²) in [5.41, 5.74) is 5.13. The van der Waals surface area contributed by atoms with Gasteiger partial charge in [0.15, 0.2) is 0 Å². The molecule has 0 saturated carbocycles. The number of aryl methyl sites for hydroxylation is 1. The molecule has 0 bridgehead atoms. The fourth-order valence-electron chi connectivity index (χ4n) is 2.11. The van der Waals surface area contributed by atoms with E-state index in [4.69, 9.17) is 0 Å². The quantitative estimate of drug-likeness (QED) is 0.787. The zero-order chi connectivity index (χ0) is 11.8. The monoisotopic (exact) mass is 241 g/mol. The minimum atomic E-state index is 0.485. The van der Waals surface area contributed by atoms with E-state index in [1.165, 1.54) is 27.3 Å². The second kappa shape index (κ2) is 4.11. The van der Waals surface area contributed by atoms with Crippen LogP contribution in [0.25, 0.3) is 11.1 Å². The lowest BCUT2D eigenvalue weighted by molar-refractivity contribution is 1.15. The Balaban J connectivity index is 2.00. The summed E-state index contributed by atoms with van der Waals surface area (Å²) in [6.45, 7) is 4.31. The van der Waals surface area contributed by atoms with E-state index in [1.807, 2.05) is 11.8 Å². The first kappa shape index (κ1) is 10.7. The maximum Gasteiger partial charge on any atom is 0.0741 e. The van der Waals surface area contributed by atoms with Crippen LogP contribution in [-0.2, 0) is 0 Å². The highest BCUT2D eigenvalue weighted by Gasteiger charge is 2.17. The molecule has 0 aliphatic carbocycles. The summed E-state index contributed by atoms with van der Waals surface area (Å²) in [7, 11) is 0. The van der Waals surface area contributed by atoms with Gasteiger partial charge in [-0.2, -0.15) is 0 Å². The topological polar surface area (TPSA) is 12.0 Å². The number of nitrogens with one attached hydrogen (secondary N) is 1. The second-order valence-corrected chi connectivity index (χ2v) is 5.86. The molecule has 0 fully saturated rings. The third-order valence-corrected chi connectivity index (χ3v) is 4.11. The second-order valence-electron chi connectivity index (χ2n) is 4.48. The summed E-state index contributed by atoms with van der Waals surface area (Å²) in [5.74, 6) is 0. The van der Waals surface area contributed by atoms with Crippen molar-refractivity contribution in [2.45, 2.75) is 24.1 Å². The highest BCUT2D eigenvalue weighted by atomic mass is 32.2. The van der Waals surface area contributed by atoms with Gasteiger partial charge in [-0.05, 0) is 37.1 Å². The molecule has 0 amide bonds. The lowest BCUT2D eigenvalue weighted by atomic mass is 10.0. The SMILES string of the molecule is Cc1ccc(-c2ccc3c(c2)NC(C)S3)cc1.